The number of carbonyl (C=O) groups is 2. The Hall–Kier alpha value is -2.82. The highest BCUT2D eigenvalue weighted by Gasteiger charge is 2.29. The summed E-state index contributed by atoms with van der Waals surface area (Å²) in [5, 5.41) is 5.45. The van der Waals surface area contributed by atoms with Gasteiger partial charge in [-0.1, -0.05) is 32.0 Å². The maximum atomic E-state index is 12.9. The van der Waals surface area contributed by atoms with Gasteiger partial charge in [-0.3, -0.25) is 9.59 Å². The maximum Gasteiger partial charge on any atom is 0.229 e. The van der Waals surface area contributed by atoms with Gasteiger partial charge in [-0.25, -0.2) is 0 Å². The van der Waals surface area contributed by atoms with Gasteiger partial charge in [0.25, 0.3) is 0 Å². The number of aromatic nitrogens is 1. The van der Waals surface area contributed by atoms with Gasteiger partial charge in [0.15, 0.2) is 0 Å². The first kappa shape index (κ1) is 19.5. The number of likely N-dealkylation sites (tertiary alicyclic amines) is 1. The molecule has 2 amide bonds. The molecule has 2 aromatic carbocycles. The van der Waals surface area contributed by atoms with Gasteiger partial charge < -0.3 is 14.8 Å². The molecule has 0 unspecified atom stereocenters. The van der Waals surface area contributed by atoms with Gasteiger partial charge in [-0.2, -0.15) is 0 Å². The zero-order chi connectivity index (χ0) is 20.5. The second-order valence-corrected chi connectivity index (χ2v) is 8.26. The Labute approximate surface area is 171 Å². The number of amides is 2. The molecule has 1 N–H and O–H groups in total. The standard InChI is InChI=1S/C24H29N3O2/c1-4-27-21-10-6-5-9-19(21)20-14-18(11-12-22(20)27)25-23(28)17-8-7-13-26(15-17)24(29)16(2)3/h5-6,9-12,14,16-17H,4,7-8,13,15H2,1-3H3,(H,25,28)/t17-/m0/s1. The topological polar surface area (TPSA) is 54.3 Å². The zero-order valence-corrected chi connectivity index (χ0v) is 17.4. The molecule has 0 radical (unpaired) electrons. The second kappa shape index (κ2) is 7.90. The number of aryl methyl sites for hydroxylation is 1. The van der Waals surface area contributed by atoms with Crippen molar-refractivity contribution in [3.05, 3.63) is 42.5 Å². The smallest absolute Gasteiger partial charge is 0.229 e. The van der Waals surface area contributed by atoms with Crippen LogP contribution in [0.3, 0.4) is 0 Å². The Balaban J connectivity index is 1.57. The highest BCUT2D eigenvalue weighted by Crippen LogP contribution is 2.31. The third-order valence-electron chi connectivity index (χ3n) is 5.95. The van der Waals surface area contributed by atoms with Crippen molar-refractivity contribution in [3.63, 3.8) is 0 Å². The number of hydrogen-bond donors (Lipinski definition) is 1. The van der Waals surface area contributed by atoms with Gasteiger partial charge in [0, 0.05) is 53.0 Å². The first-order chi connectivity index (χ1) is 14.0. The molecule has 0 saturated carbocycles. The van der Waals surface area contributed by atoms with Gasteiger partial charge in [0.2, 0.25) is 11.8 Å². The fraction of sp³-hybridized carbons (Fsp3) is 0.417. The molecule has 1 aliphatic rings. The summed E-state index contributed by atoms with van der Waals surface area (Å²) in [5.74, 6) is -0.0460. The van der Waals surface area contributed by atoms with Crippen LogP contribution in [0.25, 0.3) is 21.8 Å². The Bertz CT molecular complexity index is 1070. The van der Waals surface area contributed by atoms with Crippen LogP contribution in [0.4, 0.5) is 5.69 Å². The van der Waals surface area contributed by atoms with E-state index in [1.165, 1.54) is 16.4 Å². The third-order valence-corrected chi connectivity index (χ3v) is 5.95. The summed E-state index contributed by atoms with van der Waals surface area (Å²) < 4.78 is 2.30. The van der Waals surface area contributed by atoms with Crippen LogP contribution in [0, 0.1) is 11.8 Å². The Morgan fingerprint density at radius 1 is 1.10 bits per heavy atom. The average Bonchev–Trinajstić information content (AvgIpc) is 3.06. The van der Waals surface area contributed by atoms with E-state index in [4.69, 9.17) is 0 Å². The molecular weight excluding hydrogens is 362 g/mol. The molecule has 1 aromatic heterocycles. The number of rotatable bonds is 4. The predicted molar refractivity (Wildman–Crippen MR) is 118 cm³/mol. The quantitative estimate of drug-likeness (QED) is 0.704. The monoisotopic (exact) mass is 391 g/mol. The van der Waals surface area contributed by atoms with E-state index in [9.17, 15) is 9.59 Å². The maximum absolute atomic E-state index is 12.9. The molecule has 3 aromatic rings. The van der Waals surface area contributed by atoms with Crippen molar-refractivity contribution in [1.82, 2.24) is 9.47 Å². The summed E-state index contributed by atoms with van der Waals surface area (Å²) in [6.07, 6.45) is 1.70. The van der Waals surface area contributed by atoms with Crippen molar-refractivity contribution in [3.8, 4) is 0 Å². The molecular formula is C24H29N3O2. The van der Waals surface area contributed by atoms with E-state index < -0.39 is 0 Å². The van der Waals surface area contributed by atoms with Gasteiger partial charge in [0.1, 0.15) is 0 Å². The van der Waals surface area contributed by atoms with E-state index in [2.05, 4.69) is 53.2 Å². The number of piperidine rings is 1. The molecule has 1 atom stereocenters. The third kappa shape index (κ3) is 3.61. The molecule has 5 nitrogen and oxygen atoms in total. The van der Waals surface area contributed by atoms with Gasteiger partial charge >= 0.3 is 0 Å². The van der Waals surface area contributed by atoms with Crippen LogP contribution in [0.2, 0.25) is 0 Å². The molecule has 4 rings (SSSR count). The Kier molecular flexibility index (Phi) is 5.31. The van der Waals surface area contributed by atoms with Crippen LogP contribution in [-0.2, 0) is 16.1 Å². The summed E-state index contributed by atoms with van der Waals surface area (Å²) in [4.78, 5) is 27.1. The molecule has 1 saturated heterocycles. The SMILES string of the molecule is CCn1c2ccccc2c2cc(NC(=O)[C@H]3CCCN(C(=O)C(C)C)C3)ccc21. The van der Waals surface area contributed by atoms with Crippen LogP contribution in [-0.4, -0.2) is 34.4 Å². The Morgan fingerprint density at radius 3 is 2.62 bits per heavy atom. The van der Waals surface area contributed by atoms with Crippen LogP contribution < -0.4 is 5.32 Å². The van der Waals surface area contributed by atoms with Crippen molar-refractivity contribution in [2.24, 2.45) is 11.8 Å². The van der Waals surface area contributed by atoms with Gasteiger partial charge in [-0.05, 0) is 44.0 Å². The first-order valence-electron chi connectivity index (χ1n) is 10.6. The van der Waals surface area contributed by atoms with Crippen molar-refractivity contribution < 1.29 is 9.59 Å². The van der Waals surface area contributed by atoms with Crippen molar-refractivity contribution >= 4 is 39.3 Å². The summed E-state index contributed by atoms with van der Waals surface area (Å²) in [7, 11) is 0. The van der Waals surface area contributed by atoms with Crippen LogP contribution in [0.1, 0.15) is 33.6 Å². The van der Waals surface area contributed by atoms with Crippen molar-refractivity contribution in [2.45, 2.75) is 40.2 Å². The lowest BCUT2D eigenvalue weighted by Gasteiger charge is -2.33. The highest BCUT2D eigenvalue weighted by atomic mass is 16.2. The molecule has 1 aliphatic heterocycles. The minimum atomic E-state index is -0.154. The molecule has 0 aliphatic carbocycles. The van der Waals surface area contributed by atoms with Crippen molar-refractivity contribution in [1.29, 1.82) is 0 Å². The minimum absolute atomic E-state index is 0.00448. The largest absolute Gasteiger partial charge is 0.342 e. The van der Waals surface area contributed by atoms with E-state index in [1.54, 1.807) is 0 Å². The number of fused-ring (bicyclic) bond motifs is 3. The van der Waals surface area contributed by atoms with Crippen molar-refractivity contribution in [2.75, 3.05) is 18.4 Å². The number of nitrogens with zero attached hydrogens (tertiary/aromatic N) is 2. The van der Waals surface area contributed by atoms with Crippen LogP contribution in [0.5, 0.6) is 0 Å². The number of para-hydroxylation sites is 1. The molecule has 29 heavy (non-hydrogen) atoms. The molecule has 1 fully saturated rings. The number of nitrogens with one attached hydrogen (secondary N) is 1. The molecule has 0 bridgehead atoms. The Morgan fingerprint density at radius 2 is 1.86 bits per heavy atom. The molecule has 2 heterocycles. The first-order valence-corrected chi connectivity index (χ1v) is 10.6. The van der Waals surface area contributed by atoms with Crippen LogP contribution >= 0.6 is 0 Å². The number of benzene rings is 2. The average molecular weight is 392 g/mol. The minimum Gasteiger partial charge on any atom is -0.342 e. The molecule has 152 valence electrons. The highest BCUT2D eigenvalue weighted by molar-refractivity contribution is 6.09. The zero-order valence-electron chi connectivity index (χ0n) is 17.4. The lowest BCUT2D eigenvalue weighted by molar-refractivity contribution is -0.137. The van der Waals surface area contributed by atoms with E-state index in [-0.39, 0.29) is 23.7 Å². The summed E-state index contributed by atoms with van der Waals surface area (Å²) >= 11 is 0. The van der Waals surface area contributed by atoms with E-state index >= 15 is 0 Å². The van der Waals surface area contributed by atoms with Gasteiger partial charge in [-0.15, -0.1) is 0 Å². The number of carbonyl (C=O) groups excluding carboxylic acids is 2. The lowest BCUT2D eigenvalue weighted by atomic mass is 9.96. The fourth-order valence-corrected chi connectivity index (χ4v) is 4.47. The predicted octanol–water partition coefficient (Wildman–Crippen LogP) is 4.65. The van der Waals surface area contributed by atoms with Gasteiger partial charge in [0.05, 0.1) is 5.92 Å². The molecule has 5 heteroatoms. The van der Waals surface area contributed by atoms with E-state index in [1.807, 2.05) is 24.8 Å². The summed E-state index contributed by atoms with van der Waals surface area (Å²) in [5.41, 5.74) is 3.20. The second-order valence-electron chi connectivity index (χ2n) is 8.26. The number of anilines is 1. The summed E-state index contributed by atoms with van der Waals surface area (Å²) in [6, 6.07) is 14.5. The normalized spacial score (nSPS) is 17.2. The van der Waals surface area contributed by atoms with E-state index in [0.29, 0.717) is 6.54 Å². The van der Waals surface area contributed by atoms with E-state index in [0.717, 1.165) is 37.0 Å². The molecule has 0 spiro atoms. The lowest BCUT2D eigenvalue weighted by Crippen LogP contribution is -2.45. The summed E-state index contributed by atoms with van der Waals surface area (Å²) in [6.45, 7) is 8.14. The number of hydrogen-bond acceptors (Lipinski definition) is 2. The van der Waals surface area contributed by atoms with Crippen LogP contribution in [0.15, 0.2) is 42.5 Å². The fourth-order valence-electron chi connectivity index (χ4n) is 4.47.